The number of nitrogens with one attached hydrogen (secondary N) is 2. The molecule has 1 aliphatic rings. The van der Waals surface area contributed by atoms with Crippen LogP contribution in [0.4, 0.5) is 0 Å². The average molecular weight is 413 g/mol. The maximum Gasteiger partial charge on any atom is 0.326 e. The number of carbonyl (C=O) groups is 5. The Morgan fingerprint density at radius 3 is 2.24 bits per heavy atom. The molecule has 7 N–H and O–H groups in total. The van der Waals surface area contributed by atoms with Crippen LogP contribution in [0.25, 0.3) is 0 Å². The van der Waals surface area contributed by atoms with E-state index in [9.17, 15) is 29.1 Å². The number of carbonyl (C=O) groups excluding carboxylic acids is 4. The Morgan fingerprint density at radius 2 is 1.72 bits per heavy atom. The van der Waals surface area contributed by atoms with Crippen molar-refractivity contribution in [1.82, 2.24) is 15.5 Å². The summed E-state index contributed by atoms with van der Waals surface area (Å²) in [6.07, 6.45) is 0.818. The summed E-state index contributed by atoms with van der Waals surface area (Å²) in [6.45, 7) is 5.46. The number of carboxylic acid groups (broad SMARTS) is 1. The Bertz CT molecular complexity index is 653. The highest BCUT2D eigenvalue weighted by Crippen LogP contribution is 2.18. The molecule has 0 aromatic heterocycles. The number of carboxylic acids is 1. The fraction of sp³-hybridized carbons (Fsp3) is 0.722. The Balaban J connectivity index is 2.78. The monoisotopic (exact) mass is 413 g/mol. The molecule has 0 aromatic carbocycles. The minimum atomic E-state index is -1.29. The zero-order valence-corrected chi connectivity index (χ0v) is 17.0. The van der Waals surface area contributed by atoms with E-state index in [1.54, 1.807) is 0 Å². The highest BCUT2D eigenvalue weighted by Gasteiger charge is 2.37. The first-order chi connectivity index (χ1) is 13.4. The number of hydrogen-bond donors (Lipinski definition) is 5. The van der Waals surface area contributed by atoms with E-state index in [-0.39, 0.29) is 12.5 Å². The van der Waals surface area contributed by atoms with E-state index in [0.29, 0.717) is 19.3 Å². The van der Waals surface area contributed by atoms with Gasteiger partial charge in [0.2, 0.25) is 23.6 Å². The first-order valence-electron chi connectivity index (χ1n) is 9.61. The van der Waals surface area contributed by atoms with Gasteiger partial charge >= 0.3 is 5.97 Å². The number of hydrogen-bond acceptors (Lipinski definition) is 6. The molecular formula is C18H31N5O6. The Morgan fingerprint density at radius 1 is 1.10 bits per heavy atom. The lowest BCUT2D eigenvalue weighted by atomic mass is 10.0. The van der Waals surface area contributed by atoms with Crippen LogP contribution in [0, 0.1) is 5.92 Å². The topological polar surface area (TPSA) is 185 Å². The van der Waals surface area contributed by atoms with Crippen molar-refractivity contribution < 1.29 is 29.1 Å². The molecule has 0 saturated carbocycles. The number of primary amides is 1. The Labute approximate surface area is 169 Å². The van der Waals surface area contributed by atoms with E-state index in [0.717, 1.165) is 0 Å². The zero-order valence-electron chi connectivity index (χ0n) is 17.0. The van der Waals surface area contributed by atoms with Crippen LogP contribution in [0.15, 0.2) is 0 Å². The van der Waals surface area contributed by atoms with Gasteiger partial charge in [0.15, 0.2) is 0 Å². The summed E-state index contributed by atoms with van der Waals surface area (Å²) < 4.78 is 0. The van der Waals surface area contributed by atoms with Crippen molar-refractivity contribution in [1.29, 1.82) is 0 Å². The van der Waals surface area contributed by atoms with Gasteiger partial charge in [-0.3, -0.25) is 19.2 Å². The predicted molar refractivity (Wildman–Crippen MR) is 103 cm³/mol. The standard InChI is InChI=1S/C18H31N5O6/c1-9(2)7-11(19)15(25)22-12(8-14(20)24)16(26)21-10(3)17(27)23-6-4-5-13(23)18(28)29/h9-13H,4-8,19H2,1-3H3,(H2,20,24)(H,21,26)(H,22,25)(H,28,29). The second kappa shape index (κ2) is 10.7. The van der Waals surface area contributed by atoms with E-state index in [1.165, 1.54) is 11.8 Å². The number of rotatable bonds is 10. The van der Waals surface area contributed by atoms with Crippen LogP contribution < -0.4 is 22.1 Å². The van der Waals surface area contributed by atoms with E-state index in [1.807, 2.05) is 13.8 Å². The fourth-order valence-electron chi connectivity index (χ4n) is 3.22. The molecule has 0 aromatic rings. The molecule has 29 heavy (non-hydrogen) atoms. The van der Waals surface area contributed by atoms with Crippen LogP contribution >= 0.6 is 0 Å². The van der Waals surface area contributed by atoms with Gasteiger partial charge in [0.25, 0.3) is 0 Å². The van der Waals surface area contributed by atoms with Gasteiger partial charge in [-0.15, -0.1) is 0 Å². The number of nitrogens with zero attached hydrogens (tertiary/aromatic N) is 1. The van der Waals surface area contributed by atoms with Crippen molar-refractivity contribution in [2.24, 2.45) is 17.4 Å². The molecule has 0 bridgehead atoms. The van der Waals surface area contributed by atoms with Crippen molar-refractivity contribution in [3.05, 3.63) is 0 Å². The molecule has 11 heteroatoms. The second-order valence-corrected chi connectivity index (χ2v) is 7.73. The summed E-state index contributed by atoms with van der Waals surface area (Å²) in [5.74, 6) is -3.70. The van der Waals surface area contributed by atoms with Crippen molar-refractivity contribution in [3.8, 4) is 0 Å². The molecule has 0 spiro atoms. The maximum atomic E-state index is 12.5. The fourth-order valence-corrected chi connectivity index (χ4v) is 3.22. The second-order valence-electron chi connectivity index (χ2n) is 7.73. The molecule has 4 unspecified atom stereocenters. The third kappa shape index (κ3) is 7.33. The zero-order chi connectivity index (χ0) is 22.3. The summed E-state index contributed by atoms with van der Waals surface area (Å²) >= 11 is 0. The quantitative estimate of drug-likeness (QED) is 0.282. The summed E-state index contributed by atoms with van der Waals surface area (Å²) in [5, 5.41) is 14.0. The highest BCUT2D eigenvalue weighted by atomic mass is 16.4. The van der Waals surface area contributed by atoms with E-state index in [4.69, 9.17) is 11.5 Å². The van der Waals surface area contributed by atoms with Crippen molar-refractivity contribution in [2.75, 3.05) is 6.54 Å². The maximum absolute atomic E-state index is 12.5. The summed E-state index contributed by atoms with van der Waals surface area (Å²) in [5.41, 5.74) is 11.0. The number of aliphatic carboxylic acids is 1. The SMILES string of the molecule is CC(C)CC(N)C(=O)NC(CC(N)=O)C(=O)NC(C)C(=O)N1CCCC1C(=O)O. The van der Waals surface area contributed by atoms with Crippen molar-refractivity contribution in [2.45, 2.75) is 70.6 Å². The lowest BCUT2D eigenvalue weighted by molar-refractivity contribution is -0.149. The van der Waals surface area contributed by atoms with Gasteiger partial charge in [-0.25, -0.2) is 4.79 Å². The molecule has 1 aliphatic heterocycles. The van der Waals surface area contributed by atoms with Crippen LogP contribution in [0.5, 0.6) is 0 Å². The number of likely N-dealkylation sites (tertiary alicyclic amines) is 1. The van der Waals surface area contributed by atoms with Gasteiger partial charge in [-0.2, -0.15) is 0 Å². The van der Waals surface area contributed by atoms with Gasteiger partial charge in [-0.05, 0) is 32.1 Å². The van der Waals surface area contributed by atoms with E-state index < -0.39 is 60.2 Å². The van der Waals surface area contributed by atoms with Gasteiger partial charge in [0.1, 0.15) is 18.1 Å². The lowest BCUT2D eigenvalue weighted by Gasteiger charge is -2.27. The molecular weight excluding hydrogens is 382 g/mol. The summed E-state index contributed by atoms with van der Waals surface area (Å²) in [4.78, 5) is 61.1. The van der Waals surface area contributed by atoms with Crippen LogP contribution in [-0.2, 0) is 24.0 Å². The molecule has 0 radical (unpaired) electrons. The lowest BCUT2D eigenvalue weighted by Crippen LogP contribution is -2.57. The first kappa shape index (κ1) is 24.3. The molecule has 1 fully saturated rings. The van der Waals surface area contributed by atoms with Crippen LogP contribution in [0.2, 0.25) is 0 Å². The van der Waals surface area contributed by atoms with Gasteiger partial charge in [0, 0.05) is 6.54 Å². The molecule has 164 valence electrons. The molecule has 4 atom stereocenters. The molecule has 1 saturated heterocycles. The minimum absolute atomic E-state index is 0.152. The third-order valence-corrected chi connectivity index (χ3v) is 4.65. The largest absolute Gasteiger partial charge is 0.480 e. The third-order valence-electron chi connectivity index (χ3n) is 4.65. The normalized spacial score (nSPS) is 19.3. The minimum Gasteiger partial charge on any atom is -0.480 e. The van der Waals surface area contributed by atoms with E-state index >= 15 is 0 Å². The van der Waals surface area contributed by atoms with Crippen molar-refractivity contribution in [3.63, 3.8) is 0 Å². The van der Waals surface area contributed by atoms with Gasteiger partial charge < -0.3 is 32.1 Å². The van der Waals surface area contributed by atoms with Crippen LogP contribution in [0.1, 0.15) is 46.5 Å². The molecule has 1 rings (SSSR count). The van der Waals surface area contributed by atoms with E-state index in [2.05, 4.69) is 10.6 Å². The van der Waals surface area contributed by atoms with Crippen LogP contribution in [-0.4, -0.2) is 70.3 Å². The van der Waals surface area contributed by atoms with Crippen LogP contribution in [0.3, 0.4) is 0 Å². The first-order valence-corrected chi connectivity index (χ1v) is 9.61. The van der Waals surface area contributed by atoms with Crippen molar-refractivity contribution >= 4 is 29.6 Å². The smallest absolute Gasteiger partial charge is 0.326 e. The number of amides is 4. The van der Waals surface area contributed by atoms with Gasteiger partial charge in [0.05, 0.1) is 12.5 Å². The molecule has 0 aliphatic carbocycles. The summed E-state index contributed by atoms with van der Waals surface area (Å²) in [7, 11) is 0. The molecule has 11 nitrogen and oxygen atoms in total. The molecule has 1 heterocycles. The Hall–Kier alpha value is -2.69. The Kier molecular flexibility index (Phi) is 9.02. The van der Waals surface area contributed by atoms with Gasteiger partial charge in [-0.1, -0.05) is 13.8 Å². The predicted octanol–water partition coefficient (Wildman–Crippen LogP) is -1.70. The number of nitrogens with two attached hydrogens (primary N) is 2. The average Bonchev–Trinajstić information content (AvgIpc) is 3.09. The molecule has 4 amide bonds. The highest BCUT2D eigenvalue weighted by molar-refractivity contribution is 5.96. The summed E-state index contributed by atoms with van der Waals surface area (Å²) in [6, 6.07) is -4.13.